The molecule has 0 nitrogen and oxygen atoms in total. The Morgan fingerprint density at radius 2 is 2.10 bits per heavy atom. The fourth-order valence-electron chi connectivity index (χ4n) is 4.81. The Morgan fingerprint density at radius 1 is 1.29 bits per heavy atom. The summed E-state index contributed by atoms with van der Waals surface area (Å²) >= 11 is 3.72. The Bertz CT molecular complexity index is 667. The summed E-state index contributed by atoms with van der Waals surface area (Å²) < 4.78 is 1.26. The van der Waals surface area contributed by atoms with Crippen LogP contribution in [0.25, 0.3) is 0 Å². The third kappa shape index (κ3) is 2.00. The fraction of sp³-hybridized carbons (Fsp3) is 0.500. The number of hydrogen-bond donors (Lipinski definition) is 0. The summed E-state index contributed by atoms with van der Waals surface area (Å²) in [5.74, 6) is 2.42. The first-order valence-corrected chi connectivity index (χ1v) is 8.97. The summed E-state index contributed by atoms with van der Waals surface area (Å²) in [4.78, 5) is 0. The molecular formula is C20H23Br. The van der Waals surface area contributed by atoms with Gasteiger partial charge in [-0.15, -0.1) is 0 Å². The molecule has 1 saturated carbocycles. The third-order valence-electron chi connectivity index (χ3n) is 5.95. The topological polar surface area (TPSA) is 0 Å². The van der Waals surface area contributed by atoms with Gasteiger partial charge in [-0.05, 0) is 66.7 Å². The summed E-state index contributed by atoms with van der Waals surface area (Å²) in [5, 5.41) is 0. The molecule has 0 saturated heterocycles. The summed E-state index contributed by atoms with van der Waals surface area (Å²) in [6.45, 7) is 7.19. The van der Waals surface area contributed by atoms with Crippen LogP contribution in [0.15, 0.2) is 40.4 Å². The van der Waals surface area contributed by atoms with Crippen molar-refractivity contribution in [1.82, 2.24) is 0 Å². The van der Waals surface area contributed by atoms with Crippen LogP contribution >= 0.6 is 15.9 Å². The molecule has 0 radical (unpaired) electrons. The molecule has 0 aliphatic heterocycles. The first-order chi connectivity index (χ1) is 10.0. The van der Waals surface area contributed by atoms with Gasteiger partial charge in [-0.2, -0.15) is 0 Å². The van der Waals surface area contributed by atoms with Gasteiger partial charge in [0.25, 0.3) is 0 Å². The van der Waals surface area contributed by atoms with Gasteiger partial charge in [0.1, 0.15) is 0 Å². The van der Waals surface area contributed by atoms with Gasteiger partial charge in [-0.25, -0.2) is 0 Å². The highest BCUT2D eigenvalue weighted by Crippen LogP contribution is 2.57. The first kappa shape index (κ1) is 13.8. The van der Waals surface area contributed by atoms with Gasteiger partial charge in [-0.3, -0.25) is 0 Å². The zero-order valence-corrected chi connectivity index (χ0v) is 14.7. The molecule has 1 aromatic carbocycles. The number of hydrogen-bond acceptors (Lipinski definition) is 0. The highest BCUT2D eigenvalue weighted by Gasteiger charge is 2.48. The molecule has 3 aliphatic rings. The number of allylic oxidation sites excluding steroid dienone is 4. The van der Waals surface area contributed by atoms with E-state index in [1.54, 1.807) is 16.7 Å². The normalized spacial score (nSPS) is 36.8. The van der Waals surface area contributed by atoms with Gasteiger partial charge < -0.3 is 0 Å². The molecule has 0 amide bonds. The van der Waals surface area contributed by atoms with Crippen LogP contribution in [0, 0.1) is 24.7 Å². The first-order valence-electron chi connectivity index (χ1n) is 8.18. The highest BCUT2D eigenvalue weighted by atomic mass is 79.9. The van der Waals surface area contributed by atoms with Gasteiger partial charge in [-0.1, -0.05) is 59.6 Å². The minimum absolute atomic E-state index is 0.239. The van der Waals surface area contributed by atoms with Crippen LogP contribution in [0.1, 0.15) is 43.4 Å². The number of fused-ring (bicyclic) bond motifs is 2. The lowest BCUT2D eigenvalue weighted by Crippen LogP contribution is -2.35. The average molecular weight is 343 g/mol. The van der Waals surface area contributed by atoms with Crippen molar-refractivity contribution in [2.45, 2.75) is 45.4 Å². The molecule has 4 atom stereocenters. The van der Waals surface area contributed by atoms with Crippen molar-refractivity contribution < 1.29 is 0 Å². The van der Waals surface area contributed by atoms with Gasteiger partial charge in [0.2, 0.25) is 0 Å². The van der Waals surface area contributed by atoms with E-state index in [4.69, 9.17) is 0 Å². The zero-order valence-electron chi connectivity index (χ0n) is 13.1. The predicted molar refractivity (Wildman–Crippen MR) is 92.5 cm³/mol. The monoisotopic (exact) mass is 342 g/mol. The van der Waals surface area contributed by atoms with Crippen LogP contribution < -0.4 is 0 Å². The van der Waals surface area contributed by atoms with E-state index in [1.807, 2.05) is 0 Å². The van der Waals surface area contributed by atoms with E-state index >= 15 is 0 Å². The molecule has 21 heavy (non-hydrogen) atoms. The van der Waals surface area contributed by atoms with Crippen molar-refractivity contribution in [2.24, 2.45) is 17.8 Å². The second kappa shape index (κ2) is 4.59. The Morgan fingerprint density at radius 3 is 2.90 bits per heavy atom. The van der Waals surface area contributed by atoms with Crippen LogP contribution in [0.4, 0.5) is 0 Å². The number of benzene rings is 1. The Balaban J connectivity index is 1.89. The Kier molecular flexibility index (Phi) is 3.02. The van der Waals surface area contributed by atoms with E-state index in [0.29, 0.717) is 0 Å². The van der Waals surface area contributed by atoms with Crippen LogP contribution in [-0.4, -0.2) is 0 Å². The maximum Gasteiger partial charge on any atom is 0.0207 e. The summed E-state index contributed by atoms with van der Waals surface area (Å²) in [5.41, 5.74) is 6.57. The molecule has 4 unspecified atom stereocenters. The van der Waals surface area contributed by atoms with E-state index in [0.717, 1.165) is 17.8 Å². The second-order valence-corrected chi connectivity index (χ2v) is 8.41. The van der Waals surface area contributed by atoms with Crippen molar-refractivity contribution in [2.75, 3.05) is 0 Å². The molecular weight excluding hydrogens is 320 g/mol. The molecule has 3 aliphatic carbocycles. The van der Waals surface area contributed by atoms with Crippen molar-refractivity contribution in [3.8, 4) is 0 Å². The molecule has 0 heterocycles. The van der Waals surface area contributed by atoms with Crippen LogP contribution in [0.3, 0.4) is 0 Å². The standard InChI is InChI=1S/C20H23Br/c1-12-9-15-13(2)19(21)8-7-18(15)20(3,11-12)17-6-4-5-14-10-16(14)17/h4-8,12,14,16H,9-11H2,1-3H3. The van der Waals surface area contributed by atoms with Gasteiger partial charge in [0.05, 0.1) is 0 Å². The molecule has 0 spiro atoms. The quantitative estimate of drug-likeness (QED) is 0.611. The van der Waals surface area contributed by atoms with E-state index in [-0.39, 0.29) is 5.41 Å². The molecule has 1 fully saturated rings. The molecule has 0 N–H and O–H groups in total. The SMILES string of the molecule is Cc1c(Br)ccc2c1CC(C)CC2(C)C1=CC=CC2CC12. The summed E-state index contributed by atoms with van der Waals surface area (Å²) in [7, 11) is 0. The maximum atomic E-state index is 3.72. The fourth-order valence-corrected chi connectivity index (χ4v) is 5.18. The predicted octanol–water partition coefficient (Wildman–Crippen LogP) is 5.73. The average Bonchev–Trinajstić information content (AvgIpc) is 3.22. The molecule has 1 heteroatoms. The van der Waals surface area contributed by atoms with Crippen molar-refractivity contribution >= 4 is 15.9 Å². The molecule has 1 aromatic rings. The molecule has 0 bridgehead atoms. The van der Waals surface area contributed by atoms with Crippen molar-refractivity contribution in [3.63, 3.8) is 0 Å². The zero-order chi connectivity index (χ0) is 14.8. The van der Waals surface area contributed by atoms with E-state index in [1.165, 1.54) is 29.3 Å². The largest absolute Gasteiger partial charge is 0.0808 e. The van der Waals surface area contributed by atoms with Crippen LogP contribution in [-0.2, 0) is 11.8 Å². The van der Waals surface area contributed by atoms with Crippen LogP contribution in [0.2, 0.25) is 0 Å². The molecule has 110 valence electrons. The summed E-state index contributed by atoms with van der Waals surface area (Å²) in [6.07, 6.45) is 11.0. The van der Waals surface area contributed by atoms with Gasteiger partial charge >= 0.3 is 0 Å². The maximum absolute atomic E-state index is 3.72. The highest BCUT2D eigenvalue weighted by molar-refractivity contribution is 9.10. The third-order valence-corrected chi connectivity index (χ3v) is 6.81. The molecule has 0 aromatic heterocycles. The number of halogens is 1. The Hall–Kier alpha value is -0.820. The van der Waals surface area contributed by atoms with Gasteiger partial charge in [0, 0.05) is 9.89 Å². The van der Waals surface area contributed by atoms with E-state index in [9.17, 15) is 0 Å². The minimum Gasteiger partial charge on any atom is -0.0808 e. The lowest BCUT2D eigenvalue weighted by molar-refractivity contribution is 0.353. The van der Waals surface area contributed by atoms with Crippen LogP contribution in [0.5, 0.6) is 0 Å². The molecule has 4 rings (SSSR count). The second-order valence-electron chi connectivity index (χ2n) is 7.56. The van der Waals surface area contributed by atoms with Gasteiger partial charge in [0.15, 0.2) is 0 Å². The van der Waals surface area contributed by atoms with Crippen molar-refractivity contribution in [1.29, 1.82) is 0 Å². The number of rotatable bonds is 1. The van der Waals surface area contributed by atoms with E-state index < -0.39 is 0 Å². The van der Waals surface area contributed by atoms with Crippen molar-refractivity contribution in [3.05, 3.63) is 57.1 Å². The lowest BCUT2D eigenvalue weighted by Gasteiger charge is -2.42. The Labute approximate surface area is 136 Å². The summed E-state index contributed by atoms with van der Waals surface area (Å²) in [6, 6.07) is 4.64. The van der Waals surface area contributed by atoms with E-state index in [2.05, 4.69) is 67.1 Å². The minimum atomic E-state index is 0.239. The smallest absolute Gasteiger partial charge is 0.0207 e. The lowest BCUT2D eigenvalue weighted by atomic mass is 9.62.